The van der Waals surface area contributed by atoms with Crippen LogP contribution in [0.25, 0.3) is 22.1 Å². The molecule has 0 aliphatic heterocycles. The number of hydrogen-bond acceptors (Lipinski definition) is 6. The van der Waals surface area contributed by atoms with Crippen molar-refractivity contribution in [1.82, 2.24) is 25.1 Å². The van der Waals surface area contributed by atoms with Gasteiger partial charge < -0.3 is 14.3 Å². The molecule has 0 aliphatic carbocycles. The van der Waals surface area contributed by atoms with Crippen LogP contribution in [0.5, 0.6) is 0 Å². The predicted molar refractivity (Wildman–Crippen MR) is 104 cm³/mol. The number of hydrogen-bond donors (Lipinski definition) is 1. The SMILES string of the molecule is CCc1ccc2c(c1)c1nnc(SCC(=O)NCc3ccco3)nc1n2C. The third-order valence-electron chi connectivity index (χ3n) is 4.42. The molecule has 0 bridgehead atoms. The van der Waals surface area contributed by atoms with E-state index in [2.05, 4.69) is 45.6 Å². The molecule has 4 aromatic rings. The van der Waals surface area contributed by atoms with Crippen molar-refractivity contribution in [1.29, 1.82) is 0 Å². The topological polar surface area (TPSA) is 85.8 Å². The van der Waals surface area contributed by atoms with Crippen LogP contribution in [0.4, 0.5) is 0 Å². The first-order valence-corrected chi connectivity index (χ1v) is 9.68. The van der Waals surface area contributed by atoms with Crippen LogP contribution >= 0.6 is 11.8 Å². The Kier molecular flexibility index (Phi) is 4.81. The average Bonchev–Trinajstić information content (AvgIpc) is 3.31. The van der Waals surface area contributed by atoms with E-state index in [-0.39, 0.29) is 11.7 Å². The van der Waals surface area contributed by atoms with E-state index in [1.54, 1.807) is 12.3 Å². The number of thioether (sulfide) groups is 1. The molecule has 0 saturated carbocycles. The quantitative estimate of drug-likeness (QED) is 0.517. The van der Waals surface area contributed by atoms with Crippen molar-refractivity contribution in [2.24, 2.45) is 7.05 Å². The van der Waals surface area contributed by atoms with Crippen molar-refractivity contribution in [3.05, 3.63) is 47.9 Å². The van der Waals surface area contributed by atoms with Crippen molar-refractivity contribution >= 4 is 39.7 Å². The van der Waals surface area contributed by atoms with Crippen LogP contribution < -0.4 is 5.32 Å². The van der Waals surface area contributed by atoms with E-state index in [1.165, 1.54) is 17.3 Å². The van der Waals surface area contributed by atoms with Crippen LogP contribution in [0.3, 0.4) is 0 Å². The third-order valence-corrected chi connectivity index (χ3v) is 5.26. The molecule has 0 fully saturated rings. The second-order valence-electron chi connectivity index (χ2n) is 6.18. The van der Waals surface area contributed by atoms with Gasteiger partial charge in [0.25, 0.3) is 0 Å². The molecule has 8 heteroatoms. The van der Waals surface area contributed by atoms with E-state index < -0.39 is 0 Å². The molecule has 1 N–H and O–H groups in total. The first kappa shape index (κ1) is 17.5. The molecular formula is C19H19N5O2S. The summed E-state index contributed by atoms with van der Waals surface area (Å²) >= 11 is 1.27. The highest BCUT2D eigenvalue weighted by molar-refractivity contribution is 7.99. The number of nitrogens with zero attached hydrogens (tertiary/aromatic N) is 4. The maximum atomic E-state index is 12.0. The van der Waals surface area contributed by atoms with Crippen LogP contribution in [0.1, 0.15) is 18.2 Å². The van der Waals surface area contributed by atoms with Crippen molar-refractivity contribution in [2.45, 2.75) is 25.0 Å². The van der Waals surface area contributed by atoms with Crippen LogP contribution in [-0.2, 0) is 24.8 Å². The van der Waals surface area contributed by atoms with Gasteiger partial charge in [-0.1, -0.05) is 24.8 Å². The minimum Gasteiger partial charge on any atom is -0.467 e. The average molecular weight is 381 g/mol. The first-order chi connectivity index (χ1) is 13.2. The largest absolute Gasteiger partial charge is 0.467 e. The summed E-state index contributed by atoms with van der Waals surface area (Å²) in [7, 11) is 1.97. The molecule has 0 saturated heterocycles. The number of nitrogens with one attached hydrogen (secondary N) is 1. The van der Waals surface area contributed by atoms with Gasteiger partial charge in [-0.3, -0.25) is 4.79 Å². The Hall–Kier alpha value is -2.87. The highest BCUT2D eigenvalue weighted by Gasteiger charge is 2.14. The lowest BCUT2D eigenvalue weighted by molar-refractivity contribution is -0.118. The summed E-state index contributed by atoms with van der Waals surface area (Å²) < 4.78 is 7.21. The summed E-state index contributed by atoms with van der Waals surface area (Å²) in [4.78, 5) is 16.6. The molecule has 138 valence electrons. The lowest BCUT2D eigenvalue weighted by Crippen LogP contribution is -2.24. The first-order valence-electron chi connectivity index (χ1n) is 8.69. The molecule has 1 amide bonds. The molecule has 27 heavy (non-hydrogen) atoms. The Morgan fingerprint density at radius 1 is 1.30 bits per heavy atom. The Morgan fingerprint density at radius 2 is 2.19 bits per heavy atom. The third kappa shape index (κ3) is 3.52. The second kappa shape index (κ2) is 7.40. The molecular weight excluding hydrogens is 362 g/mol. The minimum atomic E-state index is -0.107. The van der Waals surface area contributed by atoms with E-state index in [0.717, 1.165) is 34.2 Å². The minimum absolute atomic E-state index is 0.107. The van der Waals surface area contributed by atoms with Gasteiger partial charge in [0, 0.05) is 12.4 Å². The normalized spacial score (nSPS) is 11.3. The molecule has 3 heterocycles. The number of furan rings is 1. The van der Waals surface area contributed by atoms with Crippen LogP contribution in [0, 0.1) is 0 Å². The Labute approximate surface area is 160 Å². The summed E-state index contributed by atoms with van der Waals surface area (Å²) in [5, 5.41) is 12.9. The van der Waals surface area contributed by atoms with Gasteiger partial charge in [-0.15, -0.1) is 10.2 Å². The zero-order valence-electron chi connectivity index (χ0n) is 15.1. The van der Waals surface area contributed by atoms with Gasteiger partial charge in [-0.05, 0) is 36.2 Å². The highest BCUT2D eigenvalue weighted by Crippen LogP contribution is 2.27. The van der Waals surface area contributed by atoms with Crippen LogP contribution in [-0.4, -0.2) is 31.4 Å². The van der Waals surface area contributed by atoms with Gasteiger partial charge >= 0.3 is 0 Å². The van der Waals surface area contributed by atoms with Gasteiger partial charge in [0.1, 0.15) is 11.3 Å². The number of carbonyl (C=O) groups is 1. The standard InChI is InChI=1S/C19H19N5O2S/c1-3-12-6-7-15-14(9-12)17-18(24(15)2)21-19(23-22-17)27-11-16(25)20-10-13-5-4-8-26-13/h4-9H,3,10-11H2,1-2H3,(H,20,25). The van der Waals surface area contributed by atoms with Crippen molar-refractivity contribution in [2.75, 3.05) is 5.75 Å². The Morgan fingerprint density at radius 3 is 2.96 bits per heavy atom. The van der Waals surface area contributed by atoms with E-state index in [0.29, 0.717) is 11.7 Å². The number of carbonyl (C=O) groups excluding carboxylic acids is 1. The summed E-state index contributed by atoms with van der Waals surface area (Å²) in [6.07, 6.45) is 2.55. The molecule has 0 radical (unpaired) electrons. The fourth-order valence-electron chi connectivity index (χ4n) is 2.95. The van der Waals surface area contributed by atoms with Gasteiger partial charge in [-0.2, -0.15) is 0 Å². The van der Waals surface area contributed by atoms with Crippen molar-refractivity contribution in [3.8, 4) is 0 Å². The molecule has 0 spiro atoms. The van der Waals surface area contributed by atoms with E-state index in [4.69, 9.17) is 4.42 Å². The zero-order chi connectivity index (χ0) is 18.8. The number of rotatable bonds is 6. The Bertz CT molecular complexity index is 1100. The monoisotopic (exact) mass is 381 g/mol. The predicted octanol–water partition coefficient (Wildman–Crippen LogP) is 3.08. The van der Waals surface area contributed by atoms with E-state index in [9.17, 15) is 4.79 Å². The van der Waals surface area contributed by atoms with Gasteiger partial charge in [0.2, 0.25) is 11.1 Å². The smallest absolute Gasteiger partial charge is 0.230 e. The maximum Gasteiger partial charge on any atom is 0.230 e. The number of aryl methyl sites for hydroxylation is 2. The van der Waals surface area contributed by atoms with Gasteiger partial charge in [0.15, 0.2) is 5.65 Å². The zero-order valence-corrected chi connectivity index (χ0v) is 15.9. The van der Waals surface area contributed by atoms with Crippen molar-refractivity contribution in [3.63, 3.8) is 0 Å². The second-order valence-corrected chi connectivity index (χ2v) is 7.12. The summed E-state index contributed by atoms with van der Waals surface area (Å²) in [5.74, 6) is 0.831. The number of benzene rings is 1. The van der Waals surface area contributed by atoms with Crippen LogP contribution in [0.15, 0.2) is 46.2 Å². The summed E-state index contributed by atoms with van der Waals surface area (Å²) in [6.45, 7) is 2.50. The molecule has 0 unspecified atom stereocenters. The molecule has 1 aromatic carbocycles. The van der Waals surface area contributed by atoms with E-state index >= 15 is 0 Å². The number of aromatic nitrogens is 4. The molecule has 3 aromatic heterocycles. The highest BCUT2D eigenvalue weighted by atomic mass is 32.2. The van der Waals surface area contributed by atoms with Gasteiger partial charge in [0.05, 0.1) is 24.1 Å². The number of amides is 1. The maximum absolute atomic E-state index is 12.0. The lowest BCUT2D eigenvalue weighted by Gasteiger charge is -2.03. The van der Waals surface area contributed by atoms with Gasteiger partial charge in [-0.25, -0.2) is 4.98 Å². The molecule has 7 nitrogen and oxygen atoms in total. The molecule has 0 atom stereocenters. The lowest BCUT2D eigenvalue weighted by atomic mass is 10.1. The van der Waals surface area contributed by atoms with Crippen LogP contribution in [0.2, 0.25) is 0 Å². The van der Waals surface area contributed by atoms with E-state index in [1.807, 2.05) is 17.7 Å². The summed E-state index contributed by atoms with van der Waals surface area (Å²) in [6, 6.07) is 9.96. The molecule has 4 rings (SSSR count). The number of fused-ring (bicyclic) bond motifs is 3. The molecule has 0 aliphatic rings. The summed E-state index contributed by atoms with van der Waals surface area (Å²) in [5.41, 5.74) is 3.88. The fourth-order valence-corrected chi connectivity index (χ4v) is 3.56. The Balaban J connectivity index is 1.50. The fraction of sp³-hybridized carbons (Fsp3) is 0.263. The van der Waals surface area contributed by atoms with Crippen molar-refractivity contribution < 1.29 is 9.21 Å².